The van der Waals surface area contributed by atoms with Crippen LogP contribution < -0.4 is 10.9 Å². The van der Waals surface area contributed by atoms with Crippen molar-refractivity contribution in [1.82, 2.24) is 14.5 Å². The maximum absolute atomic E-state index is 14.6. The number of rotatable bonds is 4. The Morgan fingerprint density at radius 1 is 1.22 bits per heavy atom. The number of nitrogens with one attached hydrogen (secondary N) is 1. The van der Waals surface area contributed by atoms with Crippen LogP contribution >= 0.6 is 0 Å². The van der Waals surface area contributed by atoms with Crippen molar-refractivity contribution >= 4 is 16.7 Å². The summed E-state index contributed by atoms with van der Waals surface area (Å²) < 4.78 is 61.0. The van der Waals surface area contributed by atoms with Gasteiger partial charge >= 0.3 is 6.18 Å². The average molecular weight is 450 g/mol. The molecule has 2 aromatic heterocycles. The summed E-state index contributed by atoms with van der Waals surface area (Å²) in [6.07, 6.45) is -1.76. The maximum atomic E-state index is 14.6. The largest absolute Gasteiger partial charge is 0.419 e. The molecule has 0 radical (unpaired) electrons. The zero-order valence-electron chi connectivity index (χ0n) is 17.5. The molecule has 1 aliphatic heterocycles. The molecule has 1 aromatic carbocycles. The molecule has 1 aliphatic rings. The summed E-state index contributed by atoms with van der Waals surface area (Å²) in [6, 6.07) is 3.75. The molecule has 1 N–H and O–H groups in total. The van der Waals surface area contributed by atoms with Crippen LogP contribution in [0, 0.1) is 12.7 Å². The van der Waals surface area contributed by atoms with Crippen molar-refractivity contribution in [3.05, 3.63) is 63.6 Å². The Balaban J connectivity index is 1.75. The molecule has 1 saturated heterocycles. The first-order valence-electron chi connectivity index (χ1n) is 10.3. The molecule has 0 unspecified atom stereocenters. The Bertz CT molecular complexity index is 1200. The summed E-state index contributed by atoms with van der Waals surface area (Å²) in [5, 5.41) is 3.54. The summed E-state index contributed by atoms with van der Waals surface area (Å²) in [5.41, 5.74) is -1.25. The highest BCUT2D eigenvalue weighted by atomic mass is 19.4. The average Bonchev–Trinajstić information content (AvgIpc) is 2.73. The van der Waals surface area contributed by atoms with Gasteiger partial charge in [0, 0.05) is 37.1 Å². The van der Waals surface area contributed by atoms with Gasteiger partial charge in [-0.25, -0.2) is 14.4 Å². The molecule has 10 heteroatoms. The number of aryl methyl sites for hydroxylation is 1. The highest BCUT2D eigenvalue weighted by Crippen LogP contribution is 2.35. The number of fused-ring (bicyclic) bond motifs is 1. The molecule has 32 heavy (non-hydrogen) atoms. The van der Waals surface area contributed by atoms with E-state index in [1.807, 2.05) is 0 Å². The number of hydrogen-bond donors (Lipinski definition) is 1. The van der Waals surface area contributed by atoms with E-state index >= 15 is 0 Å². The van der Waals surface area contributed by atoms with Gasteiger partial charge in [0.05, 0.1) is 22.5 Å². The first-order valence-corrected chi connectivity index (χ1v) is 10.3. The SMILES string of the molecule is Cc1nc(N[C@H](C)c2cccc(C(F)(F)F)c2F)c2cn(C3CCOCC3)c(=O)cc2n1. The molecule has 0 amide bonds. The number of anilines is 1. The van der Waals surface area contributed by atoms with Gasteiger partial charge in [-0.3, -0.25) is 4.79 Å². The van der Waals surface area contributed by atoms with Crippen LogP contribution in [0.25, 0.3) is 10.9 Å². The number of nitrogens with zero attached hydrogens (tertiary/aromatic N) is 3. The molecular weight excluding hydrogens is 428 g/mol. The Labute approximate surface area is 181 Å². The zero-order chi connectivity index (χ0) is 23.0. The van der Waals surface area contributed by atoms with E-state index in [1.165, 1.54) is 18.2 Å². The number of aromatic nitrogens is 3. The van der Waals surface area contributed by atoms with Crippen LogP contribution in [0.15, 0.2) is 35.3 Å². The first-order chi connectivity index (χ1) is 15.1. The van der Waals surface area contributed by atoms with Crippen LogP contribution in [0.3, 0.4) is 0 Å². The van der Waals surface area contributed by atoms with Gasteiger partial charge in [-0.05, 0) is 32.8 Å². The van der Waals surface area contributed by atoms with Crippen molar-refractivity contribution < 1.29 is 22.3 Å². The van der Waals surface area contributed by atoms with Gasteiger partial charge in [0.1, 0.15) is 17.5 Å². The molecule has 0 bridgehead atoms. The van der Waals surface area contributed by atoms with Gasteiger partial charge in [-0.2, -0.15) is 13.2 Å². The van der Waals surface area contributed by atoms with E-state index in [0.29, 0.717) is 54.7 Å². The highest BCUT2D eigenvalue weighted by molar-refractivity contribution is 5.88. The van der Waals surface area contributed by atoms with Gasteiger partial charge in [-0.15, -0.1) is 0 Å². The van der Waals surface area contributed by atoms with Crippen LogP contribution in [0.1, 0.15) is 48.8 Å². The minimum Gasteiger partial charge on any atom is -0.381 e. The molecular formula is C22H22F4N4O2. The van der Waals surface area contributed by atoms with Crippen molar-refractivity contribution in [2.45, 2.75) is 44.9 Å². The second kappa shape index (κ2) is 8.50. The quantitative estimate of drug-likeness (QED) is 0.580. The molecule has 4 rings (SSSR count). The van der Waals surface area contributed by atoms with E-state index in [1.54, 1.807) is 24.6 Å². The van der Waals surface area contributed by atoms with E-state index in [9.17, 15) is 22.4 Å². The van der Waals surface area contributed by atoms with Gasteiger partial charge in [0.15, 0.2) is 0 Å². The fraction of sp³-hybridized carbons (Fsp3) is 0.409. The topological polar surface area (TPSA) is 69.0 Å². The summed E-state index contributed by atoms with van der Waals surface area (Å²) in [5.74, 6) is -0.633. The monoisotopic (exact) mass is 450 g/mol. The number of hydrogen-bond acceptors (Lipinski definition) is 5. The Morgan fingerprint density at radius 2 is 1.94 bits per heavy atom. The molecule has 6 nitrogen and oxygen atoms in total. The van der Waals surface area contributed by atoms with Gasteiger partial charge in [-0.1, -0.05) is 12.1 Å². The predicted molar refractivity (Wildman–Crippen MR) is 111 cm³/mol. The molecule has 1 fully saturated rings. The lowest BCUT2D eigenvalue weighted by atomic mass is 10.0. The third-order valence-electron chi connectivity index (χ3n) is 5.61. The van der Waals surface area contributed by atoms with Crippen LogP contribution in [-0.2, 0) is 10.9 Å². The van der Waals surface area contributed by atoms with Crippen LogP contribution in [-0.4, -0.2) is 27.7 Å². The van der Waals surface area contributed by atoms with Crippen LogP contribution in [0.2, 0.25) is 0 Å². The van der Waals surface area contributed by atoms with Crippen molar-refractivity contribution in [1.29, 1.82) is 0 Å². The van der Waals surface area contributed by atoms with Crippen molar-refractivity contribution in [3.8, 4) is 0 Å². The van der Waals surface area contributed by atoms with Gasteiger partial charge < -0.3 is 14.6 Å². The van der Waals surface area contributed by atoms with Crippen molar-refractivity contribution in [2.75, 3.05) is 18.5 Å². The summed E-state index contributed by atoms with van der Waals surface area (Å²) in [4.78, 5) is 21.4. The fourth-order valence-electron chi connectivity index (χ4n) is 3.98. The summed E-state index contributed by atoms with van der Waals surface area (Å²) >= 11 is 0. The second-order valence-electron chi connectivity index (χ2n) is 7.85. The van der Waals surface area contributed by atoms with E-state index in [2.05, 4.69) is 15.3 Å². The lowest BCUT2D eigenvalue weighted by Crippen LogP contribution is -2.28. The lowest BCUT2D eigenvalue weighted by Gasteiger charge is -2.25. The van der Waals surface area contributed by atoms with E-state index in [0.717, 1.165) is 0 Å². The Morgan fingerprint density at radius 3 is 2.62 bits per heavy atom. The van der Waals surface area contributed by atoms with Crippen LogP contribution in [0.4, 0.5) is 23.4 Å². The molecule has 3 heterocycles. The summed E-state index contributed by atoms with van der Waals surface area (Å²) in [7, 11) is 0. The lowest BCUT2D eigenvalue weighted by molar-refractivity contribution is -0.140. The third kappa shape index (κ3) is 4.32. The maximum Gasteiger partial charge on any atom is 0.419 e. The molecule has 0 saturated carbocycles. The standard InChI is InChI=1S/C22H22F4N4O2/c1-12(15-4-3-5-17(20(15)23)22(24,25)26)27-21-16-11-30(14-6-8-32-9-7-14)19(31)10-18(16)28-13(2)29-21/h3-5,10-12,14H,6-9H2,1-2H3,(H,27,28,29)/t12-/m1/s1. The molecule has 170 valence electrons. The van der Waals surface area contributed by atoms with Crippen molar-refractivity contribution in [3.63, 3.8) is 0 Å². The number of pyridine rings is 1. The second-order valence-corrected chi connectivity index (χ2v) is 7.85. The Hall–Kier alpha value is -3.01. The Kier molecular flexibility index (Phi) is 5.89. The minimum atomic E-state index is -4.79. The number of benzene rings is 1. The molecule has 0 aliphatic carbocycles. The predicted octanol–water partition coefficient (Wildman–Crippen LogP) is 4.78. The normalized spacial score (nSPS) is 16.3. The minimum absolute atomic E-state index is 0.0341. The number of halogens is 4. The molecule has 1 atom stereocenters. The zero-order valence-corrected chi connectivity index (χ0v) is 17.5. The fourth-order valence-corrected chi connectivity index (χ4v) is 3.98. The van der Waals surface area contributed by atoms with E-state index in [-0.39, 0.29) is 17.2 Å². The third-order valence-corrected chi connectivity index (χ3v) is 5.61. The number of alkyl halides is 3. The molecule has 0 spiro atoms. The van der Waals surface area contributed by atoms with Crippen molar-refractivity contribution in [2.24, 2.45) is 0 Å². The van der Waals surface area contributed by atoms with Gasteiger partial charge in [0.2, 0.25) is 0 Å². The van der Waals surface area contributed by atoms with Crippen LogP contribution in [0.5, 0.6) is 0 Å². The van der Waals surface area contributed by atoms with E-state index in [4.69, 9.17) is 4.74 Å². The first kappa shape index (κ1) is 22.2. The highest BCUT2D eigenvalue weighted by Gasteiger charge is 2.35. The smallest absolute Gasteiger partial charge is 0.381 e. The van der Waals surface area contributed by atoms with Gasteiger partial charge in [0.25, 0.3) is 5.56 Å². The number of ether oxygens (including phenoxy) is 1. The molecule has 3 aromatic rings. The summed E-state index contributed by atoms with van der Waals surface area (Å²) in [6.45, 7) is 4.30. The van der Waals surface area contributed by atoms with E-state index < -0.39 is 23.6 Å².